The first-order valence-electron chi connectivity index (χ1n) is 11.1. The SMILES string of the molecule is Cc1noc(C)c1COc1ccc(CC(=O)N[C@@H](C)c2ccc(-c3ccccc3)cc2)cc1. The van der Waals surface area contributed by atoms with E-state index < -0.39 is 0 Å². The second-order valence-electron chi connectivity index (χ2n) is 8.19. The van der Waals surface area contributed by atoms with E-state index >= 15 is 0 Å². The van der Waals surface area contributed by atoms with Crippen LogP contribution in [0.1, 0.15) is 41.1 Å². The van der Waals surface area contributed by atoms with Crippen LogP contribution in [0.2, 0.25) is 0 Å². The smallest absolute Gasteiger partial charge is 0.224 e. The normalized spacial score (nSPS) is 11.7. The fourth-order valence-corrected chi connectivity index (χ4v) is 3.72. The molecule has 0 radical (unpaired) electrons. The Hall–Kier alpha value is -3.86. The van der Waals surface area contributed by atoms with Crippen LogP contribution in [-0.2, 0) is 17.8 Å². The zero-order chi connectivity index (χ0) is 23.2. The fourth-order valence-electron chi connectivity index (χ4n) is 3.72. The molecule has 1 N–H and O–H groups in total. The summed E-state index contributed by atoms with van der Waals surface area (Å²) in [6, 6.07) is 26.1. The lowest BCUT2D eigenvalue weighted by molar-refractivity contribution is -0.121. The number of rotatable bonds is 8. The zero-order valence-corrected chi connectivity index (χ0v) is 19.2. The van der Waals surface area contributed by atoms with E-state index in [1.165, 1.54) is 5.56 Å². The van der Waals surface area contributed by atoms with Crippen LogP contribution in [0.3, 0.4) is 0 Å². The van der Waals surface area contributed by atoms with Gasteiger partial charge in [-0.15, -0.1) is 0 Å². The molecule has 168 valence electrons. The summed E-state index contributed by atoms with van der Waals surface area (Å²) in [4.78, 5) is 12.6. The Morgan fingerprint density at radius 3 is 2.24 bits per heavy atom. The number of nitrogens with one attached hydrogen (secondary N) is 1. The number of hydrogen-bond acceptors (Lipinski definition) is 4. The van der Waals surface area contributed by atoms with Crippen LogP contribution in [-0.4, -0.2) is 11.1 Å². The molecular formula is C28H28N2O3. The van der Waals surface area contributed by atoms with E-state index in [1.54, 1.807) is 0 Å². The molecule has 0 aliphatic heterocycles. The molecule has 1 amide bonds. The van der Waals surface area contributed by atoms with Gasteiger partial charge < -0.3 is 14.6 Å². The first kappa shape index (κ1) is 22.3. The lowest BCUT2D eigenvalue weighted by atomic mass is 10.0. The highest BCUT2D eigenvalue weighted by Gasteiger charge is 2.12. The molecule has 5 nitrogen and oxygen atoms in total. The Kier molecular flexibility index (Phi) is 6.89. The molecule has 4 aromatic rings. The van der Waals surface area contributed by atoms with Crippen LogP contribution in [0.4, 0.5) is 0 Å². The van der Waals surface area contributed by atoms with Gasteiger partial charge in [-0.2, -0.15) is 0 Å². The molecule has 3 aromatic carbocycles. The van der Waals surface area contributed by atoms with E-state index in [2.05, 4.69) is 46.9 Å². The molecule has 5 heteroatoms. The second kappa shape index (κ2) is 10.2. The van der Waals surface area contributed by atoms with Gasteiger partial charge in [0.05, 0.1) is 23.7 Å². The molecule has 0 saturated carbocycles. The molecule has 4 rings (SSSR count). The van der Waals surface area contributed by atoms with Crippen LogP contribution in [0.25, 0.3) is 11.1 Å². The minimum atomic E-state index is -0.0695. The van der Waals surface area contributed by atoms with Crippen LogP contribution in [0.5, 0.6) is 5.75 Å². The van der Waals surface area contributed by atoms with E-state index in [9.17, 15) is 4.79 Å². The Bertz CT molecular complexity index is 1180. The number of nitrogens with zero attached hydrogens (tertiary/aromatic N) is 1. The number of hydrogen-bond donors (Lipinski definition) is 1. The van der Waals surface area contributed by atoms with Gasteiger partial charge in [-0.3, -0.25) is 4.79 Å². The Morgan fingerprint density at radius 1 is 0.939 bits per heavy atom. The summed E-state index contributed by atoms with van der Waals surface area (Å²) in [6.07, 6.45) is 0.316. The van der Waals surface area contributed by atoms with Crippen molar-refractivity contribution in [2.45, 2.75) is 39.8 Å². The lowest BCUT2D eigenvalue weighted by Crippen LogP contribution is -2.28. The third kappa shape index (κ3) is 5.69. The molecule has 0 bridgehead atoms. The molecule has 33 heavy (non-hydrogen) atoms. The van der Waals surface area contributed by atoms with E-state index in [1.807, 2.05) is 63.2 Å². The maximum absolute atomic E-state index is 12.6. The monoisotopic (exact) mass is 440 g/mol. The fraction of sp³-hybridized carbons (Fsp3) is 0.214. The number of aromatic nitrogens is 1. The predicted molar refractivity (Wildman–Crippen MR) is 129 cm³/mol. The average Bonchev–Trinajstić information content (AvgIpc) is 3.16. The van der Waals surface area contributed by atoms with Gasteiger partial charge in [0.1, 0.15) is 18.1 Å². The maximum Gasteiger partial charge on any atom is 0.224 e. The Labute approximate surface area is 194 Å². The second-order valence-corrected chi connectivity index (χ2v) is 8.19. The summed E-state index contributed by atoms with van der Waals surface area (Å²) in [7, 11) is 0. The number of benzene rings is 3. The largest absolute Gasteiger partial charge is 0.489 e. The molecule has 1 heterocycles. The van der Waals surface area contributed by atoms with Crippen molar-refractivity contribution in [3.8, 4) is 16.9 Å². The standard InChI is InChI=1S/C28H28N2O3/c1-19(23-11-13-25(14-12-23)24-7-5-4-6-8-24)29-28(31)17-22-9-15-26(16-10-22)32-18-27-20(2)30-33-21(27)3/h4-16,19H,17-18H2,1-3H3,(H,29,31)/t19-/m0/s1. The summed E-state index contributed by atoms with van der Waals surface area (Å²) in [5.41, 5.74) is 6.15. The topological polar surface area (TPSA) is 64.4 Å². The molecule has 0 fully saturated rings. The average molecular weight is 441 g/mol. The van der Waals surface area contributed by atoms with Crippen LogP contribution in [0, 0.1) is 13.8 Å². The Morgan fingerprint density at radius 2 is 1.61 bits per heavy atom. The lowest BCUT2D eigenvalue weighted by Gasteiger charge is -2.15. The summed E-state index contributed by atoms with van der Waals surface area (Å²) in [5, 5.41) is 7.03. The van der Waals surface area contributed by atoms with Gasteiger partial charge >= 0.3 is 0 Å². The minimum Gasteiger partial charge on any atom is -0.489 e. The molecule has 0 saturated heterocycles. The highest BCUT2D eigenvalue weighted by Crippen LogP contribution is 2.22. The summed E-state index contributed by atoms with van der Waals surface area (Å²) >= 11 is 0. The molecule has 0 aliphatic carbocycles. The van der Waals surface area contributed by atoms with Crippen LogP contribution >= 0.6 is 0 Å². The van der Waals surface area contributed by atoms with Gasteiger partial charge in [-0.05, 0) is 55.2 Å². The van der Waals surface area contributed by atoms with Crippen molar-refractivity contribution in [3.63, 3.8) is 0 Å². The van der Waals surface area contributed by atoms with Crippen molar-refractivity contribution < 1.29 is 14.1 Å². The summed E-state index contributed by atoms with van der Waals surface area (Å²) in [5.74, 6) is 1.50. The Balaban J connectivity index is 1.29. The third-order valence-electron chi connectivity index (χ3n) is 5.75. The molecule has 0 unspecified atom stereocenters. The van der Waals surface area contributed by atoms with Crippen molar-refractivity contribution in [1.29, 1.82) is 0 Å². The van der Waals surface area contributed by atoms with E-state index in [0.717, 1.165) is 39.5 Å². The highest BCUT2D eigenvalue weighted by molar-refractivity contribution is 5.79. The zero-order valence-electron chi connectivity index (χ0n) is 19.2. The summed E-state index contributed by atoms with van der Waals surface area (Å²) in [6.45, 7) is 6.18. The third-order valence-corrected chi connectivity index (χ3v) is 5.75. The van der Waals surface area contributed by atoms with Gasteiger partial charge in [0.15, 0.2) is 0 Å². The molecule has 0 aliphatic rings. The van der Waals surface area contributed by atoms with Crippen LogP contribution in [0.15, 0.2) is 83.4 Å². The van der Waals surface area contributed by atoms with Gasteiger partial charge in [0.2, 0.25) is 5.91 Å². The van der Waals surface area contributed by atoms with Crippen molar-refractivity contribution in [2.75, 3.05) is 0 Å². The van der Waals surface area contributed by atoms with Crippen LogP contribution < -0.4 is 10.1 Å². The number of aryl methyl sites for hydroxylation is 2. The molecule has 0 spiro atoms. The van der Waals surface area contributed by atoms with E-state index in [0.29, 0.717) is 13.0 Å². The van der Waals surface area contributed by atoms with Gasteiger partial charge in [-0.25, -0.2) is 0 Å². The minimum absolute atomic E-state index is 0.0148. The van der Waals surface area contributed by atoms with Gasteiger partial charge in [0.25, 0.3) is 0 Å². The van der Waals surface area contributed by atoms with E-state index in [4.69, 9.17) is 9.26 Å². The van der Waals surface area contributed by atoms with E-state index in [-0.39, 0.29) is 11.9 Å². The maximum atomic E-state index is 12.6. The molecule has 1 aromatic heterocycles. The first-order chi connectivity index (χ1) is 16.0. The molecular weight excluding hydrogens is 412 g/mol. The number of ether oxygens (including phenoxy) is 1. The summed E-state index contributed by atoms with van der Waals surface area (Å²) < 4.78 is 11.0. The van der Waals surface area contributed by atoms with Crippen molar-refractivity contribution in [1.82, 2.24) is 10.5 Å². The quantitative estimate of drug-likeness (QED) is 0.367. The predicted octanol–water partition coefficient (Wildman–Crippen LogP) is 5.96. The van der Waals surface area contributed by atoms with Crippen molar-refractivity contribution in [3.05, 3.63) is 107 Å². The molecule has 1 atom stereocenters. The van der Waals surface area contributed by atoms with Crippen molar-refractivity contribution >= 4 is 5.91 Å². The van der Waals surface area contributed by atoms with Gasteiger partial charge in [0, 0.05) is 0 Å². The van der Waals surface area contributed by atoms with Crippen molar-refractivity contribution in [2.24, 2.45) is 0 Å². The van der Waals surface area contributed by atoms with Gasteiger partial charge in [-0.1, -0.05) is 71.9 Å². The highest BCUT2D eigenvalue weighted by atomic mass is 16.5. The number of amides is 1. The first-order valence-corrected chi connectivity index (χ1v) is 11.1. The number of carbonyl (C=O) groups excluding carboxylic acids is 1. The number of carbonyl (C=O) groups is 1.